The SMILES string of the molecule is Cc1cc(N2CCC(C(C)C)CC2)cc(C(=O)O)c1N. The Morgan fingerprint density at radius 3 is 2.45 bits per heavy atom. The maximum atomic E-state index is 11.3. The largest absolute Gasteiger partial charge is 0.478 e. The van der Waals surface area contributed by atoms with Gasteiger partial charge in [-0.2, -0.15) is 0 Å². The second-order valence-electron chi connectivity index (χ2n) is 6.10. The molecule has 0 radical (unpaired) electrons. The van der Waals surface area contributed by atoms with E-state index in [9.17, 15) is 9.90 Å². The molecule has 0 unspecified atom stereocenters. The van der Waals surface area contributed by atoms with Crippen LogP contribution in [0.1, 0.15) is 42.6 Å². The maximum Gasteiger partial charge on any atom is 0.337 e. The number of aryl methyl sites for hydroxylation is 1. The minimum Gasteiger partial charge on any atom is -0.478 e. The van der Waals surface area contributed by atoms with E-state index in [0.717, 1.165) is 36.2 Å². The molecule has 1 aliphatic rings. The van der Waals surface area contributed by atoms with E-state index in [4.69, 9.17) is 5.73 Å². The summed E-state index contributed by atoms with van der Waals surface area (Å²) in [5.74, 6) is 0.546. The Labute approximate surface area is 120 Å². The van der Waals surface area contributed by atoms with Gasteiger partial charge in [0.2, 0.25) is 0 Å². The number of rotatable bonds is 3. The van der Waals surface area contributed by atoms with E-state index in [0.29, 0.717) is 5.69 Å². The lowest BCUT2D eigenvalue weighted by Gasteiger charge is -2.35. The van der Waals surface area contributed by atoms with Gasteiger partial charge in [-0.15, -0.1) is 0 Å². The lowest BCUT2D eigenvalue weighted by molar-refractivity contribution is 0.0698. The number of aromatic carboxylic acids is 1. The number of hydrogen-bond donors (Lipinski definition) is 2. The third kappa shape index (κ3) is 2.89. The van der Waals surface area contributed by atoms with Crippen LogP contribution in [-0.4, -0.2) is 24.2 Å². The Balaban J connectivity index is 2.20. The zero-order valence-electron chi connectivity index (χ0n) is 12.5. The predicted octanol–water partition coefficient (Wildman–Crippen LogP) is 3.15. The van der Waals surface area contributed by atoms with Crippen LogP contribution in [0.4, 0.5) is 11.4 Å². The van der Waals surface area contributed by atoms with Gasteiger partial charge in [-0.1, -0.05) is 13.8 Å². The average molecular weight is 276 g/mol. The molecule has 0 aliphatic carbocycles. The molecule has 1 saturated heterocycles. The molecule has 3 N–H and O–H groups in total. The quantitative estimate of drug-likeness (QED) is 0.832. The fourth-order valence-corrected chi connectivity index (χ4v) is 2.96. The minimum absolute atomic E-state index is 0.214. The smallest absolute Gasteiger partial charge is 0.337 e. The maximum absolute atomic E-state index is 11.3. The highest BCUT2D eigenvalue weighted by Gasteiger charge is 2.23. The fraction of sp³-hybridized carbons (Fsp3) is 0.562. The van der Waals surface area contributed by atoms with E-state index in [1.165, 1.54) is 12.8 Å². The van der Waals surface area contributed by atoms with Crippen LogP contribution < -0.4 is 10.6 Å². The first-order valence-corrected chi connectivity index (χ1v) is 7.28. The molecule has 0 saturated carbocycles. The number of nitrogens with two attached hydrogens (primary N) is 1. The van der Waals surface area contributed by atoms with E-state index in [2.05, 4.69) is 18.7 Å². The molecule has 110 valence electrons. The summed E-state index contributed by atoms with van der Waals surface area (Å²) in [5.41, 5.74) is 8.25. The van der Waals surface area contributed by atoms with Gasteiger partial charge in [-0.25, -0.2) is 4.79 Å². The van der Waals surface area contributed by atoms with Gasteiger partial charge in [0.25, 0.3) is 0 Å². The molecule has 4 heteroatoms. The van der Waals surface area contributed by atoms with Crippen LogP contribution in [0, 0.1) is 18.8 Å². The summed E-state index contributed by atoms with van der Waals surface area (Å²) < 4.78 is 0. The average Bonchev–Trinajstić information content (AvgIpc) is 2.41. The van der Waals surface area contributed by atoms with Crippen molar-refractivity contribution in [1.82, 2.24) is 0 Å². The molecule has 1 fully saturated rings. The minimum atomic E-state index is -0.954. The van der Waals surface area contributed by atoms with Gasteiger partial charge in [-0.3, -0.25) is 0 Å². The normalized spacial score (nSPS) is 16.7. The monoisotopic (exact) mass is 276 g/mol. The molecule has 1 heterocycles. The molecule has 1 aliphatic heterocycles. The number of piperidine rings is 1. The number of benzene rings is 1. The van der Waals surface area contributed by atoms with Crippen LogP contribution in [0.25, 0.3) is 0 Å². The summed E-state index contributed by atoms with van der Waals surface area (Å²) in [4.78, 5) is 13.5. The summed E-state index contributed by atoms with van der Waals surface area (Å²) in [6, 6.07) is 3.71. The van der Waals surface area contributed by atoms with Crippen molar-refractivity contribution in [1.29, 1.82) is 0 Å². The first-order valence-electron chi connectivity index (χ1n) is 7.28. The summed E-state index contributed by atoms with van der Waals surface area (Å²) in [5, 5.41) is 9.23. The van der Waals surface area contributed by atoms with Crippen LogP contribution in [0.2, 0.25) is 0 Å². The molecule has 0 amide bonds. The molecule has 2 rings (SSSR count). The number of nitrogen functional groups attached to an aromatic ring is 1. The van der Waals surface area contributed by atoms with Crippen molar-refractivity contribution in [3.8, 4) is 0 Å². The molecule has 0 aromatic heterocycles. The van der Waals surface area contributed by atoms with Gasteiger partial charge >= 0.3 is 5.97 Å². The van der Waals surface area contributed by atoms with Gasteiger partial charge in [0.1, 0.15) is 0 Å². The third-order valence-electron chi connectivity index (χ3n) is 4.45. The summed E-state index contributed by atoms with van der Waals surface area (Å²) >= 11 is 0. The van der Waals surface area contributed by atoms with E-state index in [-0.39, 0.29) is 5.56 Å². The molecule has 20 heavy (non-hydrogen) atoms. The fourth-order valence-electron chi connectivity index (χ4n) is 2.96. The van der Waals surface area contributed by atoms with Crippen molar-refractivity contribution in [2.75, 3.05) is 23.7 Å². The van der Waals surface area contributed by atoms with Gasteiger partial charge in [0, 0.05) is 24.5 Å². The number of carboxylic acids is 1. The zero-order valence-corrected chi connectivity index (χ0v) is 12.5. The Morgan fingerprint density at radius 1 is 1.35 bits per heavy atom. The molecule has 0 atom stereocenters. The Bertz CT molecular complexity index is 503. The van der Waals surface area contributed by atoms with E-state index >= 15 is 0 Å². The Kier molecular flexibility index (Phi) is 4.21. The number of anilines is 2. The van der Waals surface area contributed by atoms with Crippen molar-refractivity contribution < 1.29 is 9.90 Å². The second-order valence-corrected chi connectivity index (χ2v) is 6.10. The highest BCUT2D eigenvalue weighted by Crippen LogP contribution is 2.31. The van der Waals surface area contributed by atoms with Crippen LogP contribution >= 0.6 is 0 Å². The number of carbonyl (C=O) groups is 1. The molecular formula is C16H24N2O2. The van der Waals surface area contributed by atoms with E-state index in [1.54, 1.807) is 6.07 Å². The van der Waals surface area contributed by atoms with E-state index < -0.39 is 5.97 Å². The van der Waals surface area contributed by atoms with Crippen LogP contribution in [-0.2, 0) is 0 Å². The summed E-state index contributed by atoms with van der Waals surface area (Å²) in [6.07, 6.45) is 2.34. The second kappa shape index (κ2) is 5.73. The molecule has 1 aromatic rings. The zero-order chi connectivity index (χ0) is 14.9. The van der Waals surface area contributed by atoms with Crippen LogP contribution in [0.3, 0.4) is 0 Å². The van der Waals surface area contributed by atoms with Crippen molar-refractivity contribution in [2.24, 2.45) is 11.8 Å². The van der Waals surface area contributed by atoms with Crippen LogP contribution in [0.15, 0.2) is 12.1 Å². The lowest BCUT2D eigenvalue weighted by atomic mass is 9.86. The number of carboxylic acid groups (broad SMARTS) is 1. The standard InChI is InChI=1S/C16H24N2O2/c1-10(2)12-4-6-18(7-5-12)13-8-11(3)15(17)14(9-13)16(19)20/h8-10,12H,4-7,17H2,1-3H3,(H,19,20). The van der Waals surface area contributed by atoms with E-state index in [1.807, 2.05) is 13.0 Å². The first kappa shape index (κ1) is 14.7. The number of hydrogen-bond acceptors (Lipinski definition) is 3. The number of nitrogens with zero attached hydrogens (tertiary/aromatic N) is 1. The first-order chi connectivity index (χ1) is 9.40. The molecule has 4 nitrogen and oxygen atoms in total. The van der Waals surface area contributed by atoms with Gasteiger partial charge < -0.3 is 15.7 Å². The highest BCUT2D eigenvalue weighted by atomic mass is 16.4. The molecule has 1 aromatic carbocycles. The Morgan fingerprint density at radius 2 is 1.95 bits per heavy atom. The van der Waals surface area contributed by atoms with Gasteiger partial charge in [0.15, 0.2) is 0 Å². The van der Waals surface area contributed by atoms with Crippen molar-refractivity contribution in [2.45, 2.75) is 33.6 Å². The third-order valence-corrected chi connectivity index (χ3v) is 4.45. The van der Waals surface area contributed by atoms with Crippen molar-refractivity contribution in [3.05, 3.63) is 23.3 Å². The van der Waals surface area contributed by atoms with Crippen molar-refractivity contribution >= 4 is 17.3 Å². The van der Waals surface area contributed by atoms with Gasteiger partial charge in [0.05, 0.1) is 5.56 Å². The Hall–Kier alpha value is -1.71. The summed E-state index contributed by atoms with van der Waals surface area (Å²) in [7, 11) is 0. The predicted molar refractivity (Wildman–Crippen MR) is 82.3 cm³/mol. The molecule has 0 spiro atoms. The van der Waals surface area contributed by atoms with Gasteiger partial charge in [-0.05, 0) is 49.3 Å². The molecular weight excluding hydrogens is 252 g/mol. The van der Waals surface area contributed by atoms with Crippen molar-refractivity contribution in [3.63, 3.8) is 0 Å². The lowest BCUT2D eigenvalue weighted by Crippen LogP contribution is -2.35. The highest BCUT2D eigenvalue weighted by molar-refractivity contribution is 5.95. The summed E-state index contributed by atoms with van der Waals surface area (Å²) in [6.45, 7) is 8.40. The van der Waals surface area contributed by atoms with Crippen LogP contribution in [0.5, 0.6) is 0 Å². The topological polar surface area (TPSA) is 66.6 Å². The molecule has 0 bridgehead atoms.